The number of aliphatic imine (C=N–C) groups is 1. The van der Waals surface area contributed by atoms with Gasteiger partial charge in [0.15, 0.2) is 16.7 Å². The van der Waals surface area contributed by atoms with Gasteiger partial charge in [0, 0.05) is 6.54 Å². The summed E-state index contributed by atoms with van der Waals surface area (Å²) in [6.45, 7) is 9.11. The highest BCUT2D eigenvalue weighted by molar-refractivity contribution is 8.18. The van der Waals surface area contributed by atoms with Gasteiger partial charge in [0.25, 0.3) is 5.91 Å². The predicted molar refractivity (Wildman–Crippen MR) is 136 cm³/mol. The molecule has 3 rings (SSSR count). The minimum atomic E-state index is -0.0893. The fraction of sp³-hybridized carbons (Fsp3) is 0.280. The Hall–Kier alpha value is -2.90. The molecule has 33 heavy (non-hydrogen) atoms. The fourth-order valence-electron chi connectivity index (χ4n) is 3.16. The molecule has 1 aliphatic heterocycles. The number of methoxy groups -OCH3 is 1. The van der Waals surface area contributed by atoms with Crippen molar-refractivity contribution >= 4 is 46.2 Å². The highest BCUT2D eigenvalue weighted by Gasteiger charge is 2.33. The summed E-state index contributed by atoms with van der Waals surface area (Å²) in [5.41, 5.74) is 1.49. The lowest BCUT2D eigenvalue weighted by atomic mass is 10.1. The number of amides is 1. The third-order valence-corrected chi connectivity index (χ3v) is 5.89. The molecule has 0 aromatic heterocycles. The molecule has 2 aromatic rings. The van der Waals surface area contributed by atoms with Crippen LogP contribution in [-0.4, -0.2) is 42.8 Å². The maximum atomic E-state index is 13.1. The number of ether oxygens (including phenoxy) is 3. The van der Waals surface area contributed by atoms with Crippen molar-refractivity contribution in [1.82, 2.24) is 4.90 Å². The normalized spacial score (nSPS) is 15.9. The number of amidine groups is 1. The van der Waals surface area contributed by atoms with Gasteiger partial charge in [0.05, 0.1) is 29.3 Å². The molecule has 1 aliphatic rings. The smallest absolute Gasteiger partial charge is 0.266 e. The second kappa shape index (κ2) is 11.8. The summed E-state index contributed by atoms with van der Waals surface area (Å²) < 4.78 is 16.5. The third kappa shape index (κ3) is 6.12. The van der Waals surface area contributed by atoms with E-state index < -0.39 is 0 Å². The van der Waals surface area contributed by atoms with Gasteiger partial charge in [-0.3, -0.25) is 9.69 Å². The minimum Gasteiger partial charge on any atom is -0.494 e. The average Bonchev–Trinajstić information content (AvgIpc) is 3.08. The molecule has 1 saturated heterocycles. The highest BCUT2D eigenvalue weighted by Crippen LogP contribution is 2.39. The summed E-state index contributed by atoms with van der Waals surface area (Å²) in [6.07, 6.45) is 4.24. The number of nitrogens with zero attached hydrogens (tertiary/aromatic N) is 2. The molecule has 0 N–H and O–H groups in total. The zero-order valence-corrected chi connectivity index (χ0v) is 20.5. The molecule has 174 valence electrons. The SMILES string of the molecule is C=CCOc1c(Cl)cc(C=C2SC(=Nc3ccc(OCC)cc3)N(CCC)C2=O)cc1OC. The molecule has 0 radical (unpaired) electrons. The van der Waals surface area contributed by atoms with Crippen LogP contribution in [0.4, 0.5) is 5.69 Å². The maximum absolute atomic E-state index is 13.1. The number of carbonyl (C=O) groups is 1. The second-order valence-corrected chi connectivity index (χ2v) is 8.44. The zero-order chi connectivity index (χ0) is 23.8. The van der Waals surface area contributed by atoms with Crippen molar-refractivity contribution in [1.29, 1.82) is 0 Å². The average molecular weight is 487 g/mol. The van der Waals surface area contributed by atoms with Crippen LogP contribution in [0.3, 0.4) is 0 Å². The van der Waals surface area contributed by atoms with Gasteiger partial charge < -0.3 is 14.2 Å². The quantitative estimate of drug-likeness (QED) is 0.290. The van der Waals surface area contributed by atoms with Crippen LogP contribution < -0.4 is 14.2 Å². The first-order valence-electron chi connectivity index (χ1n) is 10.6. The summed E-state index contributed by atoms with van der Waals surface area (Å²) >= 11 is 7.75. The predicted octanol–water partition coefficient (Wildman–Crippen LogP) is 6.33. The van der Waals surface area contributed by atoms with Crippen molar-refractivity contribution in [3.8, 4) is 17.2 Å². The van der Waals surface area contributed by atoms with E-state index in [4.69, 9.17) is 30.8 Å². The van der Waals surface area contributed by atoms with E-state index in [2.05, 4.69) is 6.58 Å². The van der Waals surface area contributed by atoms with Crippen molar-refractivity contribution in [2.45, 2.75) is 20.3 Å². The Morgan fingerprint density at radius 3 is 2.58 bits per heavy atom. The van der Waals surface area contributed by atoms with Crippen LogP contribution in [-0.2, 0) is 4.79 Å². The Bertz CT molecular complexity index is 1070. The largest absolute Gasteiger partial charge is 0.494 e. The number of halogens is 1. The van der Waals surface area contributed by atoms with Gasteiger partial charge in [0.1, 0.15) is 12.4 Å². The summed E-state index contributed by atoms with van der Waals surface area (Å²) in [7, 11) is 1.55. The number of benzene rings is 2. The summed E-state index contributed by atoms with van der Waals surface area (Å²) in [5, 5.41) is 1.04. The summed E-state index contributed by atoms with van der Waals surface area (Å²) in [6, 6.07) is 11.0. The molecule has 2 aromatic carbocycles. The van der Waals surface area contributed by atoms with Gasteiger partial charge in [-0.1, -0.05) is 31.2 Å². The zero-order valence-electron chi connectivity index (χ0n) is 19.0. The van der Waals surface area contributed by atoms with Crippen LogP contribution in [0.5, 0.6) is 17.2 Å². The molecule has 1 amide bonds. The van der Waals surface area contributed by atoms with Crippen molar-refractivity contribution in [3.05, 3.63) is 64.5 Å². The number of carbonyl (C=O) groups excluding carboxylic acids is 1. The van der Waals surface area contributed by atoms with Gasteiger partial charge in [-0.05, 0) is 73.1 Å². The van der Waals surface area contributed by atoms with E-state index in [-0.39, 0.29) is 5.91 Å². The third-order valence-electron chi connectivity index (χ3n) is 4.60. The molecule has 0 unspecified atom stereocenters. The van der Waals surface area contributed by atoms with Crippen LogP contribution in [0, 0.1) is 0 Å². The van der Waals surface area contributed by atoms with E-state index >= 15 is 0 Å². The lowest BCUT2D eigenvalue weighted by Gasteiger charge is -2.14. The van der Waals surface area contributed by atoms with Crippen LogP contribution in [0.25, 0.3) is 6.08 Å². The Morgan fingerprint density at radius 2 is 1.94 bits per heavy atom. The Balaban J connectivity index is 1.91. The molecule has 0 spiro atoms. The first-order chi connectivity index (χ1) is 16.0. The Kier molecular flexibility index (Phi) is 8.86. The first kappa shape index (κ1) is 24.7. The second-order valence-electron chi connectivity index (χ2n) is 7.02. The van der Waals surface area contributed by atoms with E-state index in [1.807, 2.05) is 38.1 Å². The van der Waals surface area contributed by atoms with Crippen LogP contribution in [0.1, 0.15) is 25.8 Å². The summed E-state index contributed by atoms with van der Waals surface area (Å²) in [5.74, 6) is 1.62. The van der Waals surface area contributed by atoms with Gasteiger partial charge in [-0.2, -0.15) is 0 Å². The van der Waals surface area contributed by atoms with Gasteiger partial charge >= 0.3 is 0 Å². The molecule has 0 aliphatic carbocycles. The highest BCUT2D eigenvalue weighted by atomic mass is 35.5. The molecule has 0 atom stereocenters. The van der Waals surface area contributed by atoms with E-state index in [0.29, 0.717) is 46.4 Å². The van der Waals surface area contributed by atoms with E-state index in [9.17, 15) is 4.79 Å². The molecule has 8 heteroatoms. The van der Waals surface area contributed by atoms with Crippen LogP contribution in [0.15, 0.2) is 59.0 Å². The van der Waals surface area contributed by atoms with E-state index in [0.717, 1.165) is 23.4 Å². The van der Waals surface area contributed by atoms with Crippen molar-refractivity contribution in [3.63, 3.8) is 0 Å². The van der Waals surface area contributed by atoms with Gasteiger partial charge in [-0.25, -0.2) is 4.99 Å². The maximum Gasteiger partial charge on any atom is 0.266 e. The molecule has 1 fully saturated rings. The van der Waals surface area contributed by atoms with E-state index in [1.54, 1.807) is 36.3 Å². The molecule has 0 saturated carbocycles. The lowest BCUT2D eigenvalue weighted by molar-refractivity contribution is -0.122. The lowest BCUT2D eigenvalue weighted by Crippen LogP contribution is -2.29. The molecule has 6 nitrogen and oxygen atoms in total. The number of thioether (sulfide) groups is 1. The molecule has 1 heterocycles. The summed E-state index contributed by atoms with van der Waals surface area (Å²) in [4.78, 5) is 20.1. The van der Waals surface area contributed by atoms with Gasteiger partial charge in [0.2, 0.25) is 0 Å². The van der Waals surface area contributed by atoms with Crippen LogP contribution in [0.2, 0.25) is 5.02 Å². The topological polar surface area (TPSA) is 60.4 Å². The number of rotatable bonds is 10. The van der Waals surface area contributed by atoms with Gasteiger partial charge in [-0.15, -0.1) is 0 Å². The minimum absolute atomic E-state index is 0.0893. The molecular formula is C25H27ClN2O4S. The van der Waals surface area contributed by atoms with Crippen LogP contribution >= 0.6 is 23.4 Å². The van der Waals surface area contributed by atoms with E-state index in [1.165, 1.54) is 11.8 Å². The number of hydrogen-bond acceptors (Lipinski definition) is 6. The first-order valence-corrected chi connectivity index (χ1v) is 11.8. The molecular weight excluding hydrogens is 460 g/mol. The molecule has 0 bridgehead atoms. The van der Waals surface area contributed by atoms with Crippen molar-refractivity contribution < 1.29 is 19.0 Å². The monoisotopic (exact) mass is 486 g/mol. The van der Waals surface area contributed by atoms with Crippen molar-refractivity contribution in [2.24, 2.45) is 4.99 Å². The fourth-order valence-corrected chi connectivity index (χ4v) is 4.46. The Morgan fingerprint density at radius 1 is 1.18 bits per heavy atom. The van der Waals surface area contributed by atoms with Crippen molar-refractivity contribution in [2.75, 3.05) is 26.9 Å². The Labute approximate surface area is 203 Å². The standard InChI is InChI=1S/C25H27ClN2O4S/c1-5-12-28-24(29)22(33-25(28)27-18-8-10-19(11-9-18)31-7-3)16-17-14-20(26)23(32-13-6-2)21(15-17)30-4/h6,8-11,14-16H,2,5,7,12-13H2,1,3-4H3. The number of hydrogen-bond donors (Lipinski definition) is 0.